The first-order valence-electron chi connectivity index (χ1n) is 11.9. The molecule has 3 aromatic rings. The van der Waals surface area contributed by atoms with Crippen LogP contribution in [0.3, 0.4) is 0 Å². The van der Waals surface area contributed by atoms with Crippen LogP contribution in [0.15, 0.2) is 72.8 Å². The second kappa shape index (κ2) is 8.08. The van der Waals surface area contributed by atoms with Gasteiger partial charge in [0, 0.05) is 16.9 Å². The van der Waals surface area contributed by atoms with E-state index in [0.717, 1.165) is 23.1 Å². The van der Waals surface area contributed by atoms with Gasteiger partial charge in [-0.25, -0.2) is 0 Å². The molecule has 4 heteroatoms. The normalized spacial score (nSPS) is 26.6. The standard InChI is InChI=1S/C29H27N3O/c30-15-14-18-6-11-23(12-7-18)31-29(33)22-10-13-25-24(17-22)26-20-8-9-21(16-20)27(26)28(32-25)19-4-2-1-3-5-19/h1-7,10-13,17,20-21,26-28,32H,8-9,14,16H2,(H,31,33)/t20-,21-,26-,27+,28+/m0/s1. The maximum Gasteiger partial charge on any atom is 0.255 e. The fourth-order valence-corrected chi connectivity index (χ4v) is 6.62. The summed E-state index contributed by atoms with van der Waals surface area (Å²) in [5.74, 6) is 2.50. The number of nitrogens with one attached hydrogen (secondary N) is 2. The highest BCUT2D eigenvalue weighted by molar-refractivity contribution is 6.04. The van der Waals surface area contributed by atoms with Crippen molar-refractivity contribution in [3.63, 3.8) is 0 Å². The summed E-state index contributed by atoms with van der Waals surface area (Å²) < 4.78 is 0. The largest absolute Gasteiger partial charge is 0.378 e. The van der Waals surface area contributed by atoms with Gasteiger partial charge in [-0.05, 0) is 90.0 Å². The second-order valence-corrected chi connectivity index (χ2v) is 9.76. The van der Waals surface area contributed by atoms with E-state index in [9.17, 15) is 4.79 Å². The Morgan fingerprint density at radius 3 is 2.58 bits per heavy atom. The lowest BCUT2D eigenvalue weighted by Crippen LogP contribution is -2.35. The quantitative estimate of drug-likeness (QED) is 0.507. The molecule has 3 aliphatic rings. The molecule has 2 bridgehead atoms. The average molecular weight is 434 g/mol. The first kappa shape index (κ1) is 20.1. The van der Waals surface area contributed by atoms with Gasteiger partial charge in [0.15, 0.2) is 0 Å². The summed E-state index contributed by atoms with van der Waals surface area (Å²) in [6, 6.07) is 27.0. The van der Waals surface area contributed by atoms with Gasteiger partial charge in [-0.3, -0.25) is 4.79 Å². The summed E-state index contributed by atoms with van der Waals surface area (Å²) in [4.78, 5) is 13.1. The fourth-order valence-electron chi connectivity index (χ4n) is 6.62. The number of nitriles is 1. The molecular weight excluding hydrogens is 406 g/mol. The van der Waals surface area contributed by atoms with Gasteiger partial charge < -0.3 is 10.6 Å². The summed E-state index contributed by atoms with van der Waals surface area (Å²) in [5, 5.41) is 15.7. The van der Waals surface area contributed by atoms with E-state index in [1.807, 2.05) is 30.3 Å². The van der Waals surface area contributed by atoms with Crippen molar-refractivity contribution in [3.05, 3.63) is 95.1 Å². The Bertz CT molecular complexity index is 1230. The molecule has 1 amide bonds. The molecule has 2 N–H and O–H groups in total. The number of fused-ring (bicyclic) bond motifs is 7. The van der Waals surface area contributed by atoms with Crippen LogP contribution in [-0.2, 0) is 6.42 Å². The maximum atomic E-state index is 13.1. The van der Waals surface area contributed by atoms with Gasteiger partial charge in [0.05, 0.1) is 18.5 Å². The van der Waals surface area contributed by atoms with Crippen molar-refractivity contribution >= 4 is 17.3 Å². The Kier molecular flexibility index (Phi) is 4.91. The molecule has 0 spiro atoms. The van der Waals surface area contributed by atoms with E-state index in [1.165, 1.54) is 36.1 Å². The van der Waals surface area contributed by atoms with Gasteiger partial charge in [0.25, 0.3) is 5.91 Å². The number of nitrogens with zero attached hydrogens (tertiary/aromatic N) is 1. The van der Waals surface area contributed by atoms with E-state index in [2.05, 4.69) is 59.2 Å². The molecule has 5 atom stereocenters. The van der Waals surface area contributed by atoms with Crippen LogP contribution in [0.25, 0.3) is 0 Å². The highest BCUT2D eigenvalue weighted by Gasteiger charge is 2.53. The van der Waals surface area contributed by atoms with E-state index in [1.54, 1.807) is 0 Å². The molecule has 2 saturated carbocycles. The topological polar surface area (TPSA) is 64.9 Å². The second-order valence-electron chi connectivity index (χ2n) is 9.76. The Morgan fingerprint density at radius 2 is 1.79 bits per heavy atom. The minimum atomic E-state index is -0.0873. The molecule has 0 radical (unpaired) electrons. The number of hydrogen-bond acceptors (Lipinski definition) is 3. The molecule has 2 aliphatic carbocycles. The third kappa shape index (κ3) is 3.49. The number of benzene rings is 3. The first-order valence-corrected chi connectivity index (χ1v) is 11.9. The summed E-state index contributed by atoms with van der Waals surface area (Å²) in [5.41, 5.74) is 6.26. The summed E-state index contributed by atoms with van der Waals surface area (Å²) in [6.45, 7) is 0. The molecule has 1 heterocycles. The molecular formula is C29H27N3O. The predicted molar refractivity (Wildman–Crippen MR) is 130 cm³/mol. The molecule has 0 aromatic heterocycles. The summed E-state index contributed by atoms with van der Waals surface area (Å²) in [6.07, 6.45) is 4.32. The van der Waals surface area contributed by atoms with Crippen LogP contribution in [0.2, 0.25) is 0 Å². The molecule has 4 nitrogen and oxygen atoms in total. The number of rotatable bonds is 4. The lowest BCUT2D eigenvalue weighted by molar-refractivity contribution is 0.102. The van der Waals surface area contributed by atoms with Crippen molar-refractivity contribution in [1.29, 1.82) is 5.26 Å². The highest BCUT2D eigenvalue weighted by Crippen LogP contribution is 2.63. The van der Waals surface area contributed by atoms with E-state index in [-0.39, 0.29) is 5.91 Å². The highest BCUT2D eigenvalue weighted by atomic mass is 16.1. The van der Waals surface area contributed by atoms with E-state index >= 15 is 0 Å². The number of anilines is 2. The zero-order valence-corrected chi connectivity index (χ0v) is 18.5. The van der Waals surface area contributed by atoms with E-state index < -0.39 is 0 Å². The van der Waals surface area contributed by atoms with E-state index in [0.29, 0.717) is 29.9 Å². The zero-order chi connectivity index (χ0) is 22.4. The van der Waals surface area contributed by atoms with Crippen molar-refractivity contribution in [2.45, 2.75) is 37.6 Å². The van der Waals surface area contributed by atoms with Crippen LogP contribution in [0.5, 0.6) is 0 Å². The van der Waals surface area contributed by atoms with Crippen LogP contribution in [0.4, 0.5) is 11.4 Å². The number of hydrogen-bond donors (Lipinski definition) is 2. The molecule has 3 aromatic carbocycles. The van der Waals surface area contributed by atoms with Crippen molar-refractivity contribution in [3.8, 4) is 6.07 Å². The van der Waals surface area contributed by atoms with Crippen molar-refractivity contribution in [1.82, 2.24) is 0 Å². The maximum absolute atomic E-state index is 13.1. The SMILES string of the molecule is N#CCc1ccc(NC(=O)c2ccc3c(c2)[C@@H]2[C@H]4CC[C@@H](C4)[C@H]2[C@@H](c2ccccc2)N3)cc1. The Labute approximate surface area is 194 Å². The third-order valence-corrected chi connectivity index (χ3v) is 8.00. The van der Waals surface area contributed by atoms with Crippen molar-refractivity contribution < 1.29 is 4.79 Å². The van der Waals surface area contributed by atoms with Gasteiger partial charge in [-0.1, -0.05) is 42.5 Å². The van der Waals surface area contributed by atoms with Crippen LogP contribution in [0, 0.1) is 29.1 Å². The molecule has 0 unspecified atom stereocenters. The Balaban J connectivity index is 1.30. The lowest BCUT2D eigenvalue weighted by Gasteiger charge is -2.43. The fraction of sp³-hybridized carbons (Fsp3) is 0.310. The average Bonchev–Trinajstić information content (AvgIpc) is 3.48. The minimum absolute atomic E-state index is 0.0873. The molecule has 6 rings (SSSR count). The van der Waals surface area contributed by atoms with Gasteiger partial charge >= 0.3 is 0 Å². The van der Waals surface area contributed by atoms with Crippen molar-refractivity contribution in [2.24, 2.45) is 17.8 Å². The zero-order valence-electron chi connectivity index (χ0n) is 18.5. The van der Waals surface area contributed by atoms with Crippen molar-refractivity contribution in [2.75, 3.05) is 10.6 Å². The smallest absolute Gasteiger partial charge is 0.255 e. The molecule has 33 heavy (non-hydrogen) atoms. The van der Waals surface area contributed by atoms with Gasteiger partial charge in [0.1, 0.15) is 0 Å². The Hall–Kier alpha value is -3.58. The van der Waals surface area contributed by atoms with Crippen LogP contribution >= 0.6 is 0 Å². The van der Waals surface area contributed by atoms with Crippen LogP contribution in [0.1, 0.15) is 58.3 Å². The first-order chi connectivity index (χ1) is 16.2. The number of amides is 1. The predicted octanol–water partition coefficient (Wildman–Crippen LogP) is 6.30. The molecule has 1 aliphatic heterocycles. The van der Waals surface area contributed by atoms with Gasteiger partial charge in [-0.2, -0.15) is 5.26 Å². The molecule has 2 fully saturated rings. The minimum Gasteiger partial charge on any atom is -0.378 e. The monoisotopic (exact) mass is 433 g/mol. The Morgan fingerprint density at radius 1 is 1.00 bits per heavy atom. The van der Waals surface area contributed by atoms with Crippen LogP contribution < -0.4 is 10.6 Å². The summed E-state index contributed by atoms with van der Waals surface area (Å²) in [7, 11) is 0. The van der Waals surface area contributed by atoms with Gasteiger partial charge in [-0.15, -0.1) is 0 Å². The number of carbonyl (C=O) groups is 1. The third-order valence-electron chi connectivity index (χ3n) is 8.00. The summed E-state index contributed by atoms with van der Waals surface area (Å²) >= 11 is 0. The molecule has 164 valence electrons. The van der Waals surface area contributed by atoms with Gasteiger partial charge in [0.2, 0.25) is 0 Å². The molecule has 0 saturated heterocycles. The lowest BCUT2D eigenvalue weighted by atomic mass is 9.68. The number of carbonyl (C=O) groups excluding carboxylic acids is 1. The van der Waals surface area contributed by atoms with Crippen LogP contribution in [-0.4, -0.2) is 5.91 Å². The van der Waals surface area contributed by atoms with E-state index in [4.69, 9.17) is 5.26 Å².